The Kier molecular flexibility index (Phi) is 3.66. The maximum atomic E-state index is 11.0. The first kappa shape index (κ1) is 14.0. The van der Waals surface area contributed by atoms with E-state index in [4.69, 9.17) is 5.11 Å². The number of carbonyl (C=O) groups is 1. The molecule has 5 nitrogen and oxygen atoms in total. The monoisotopic (exact) mass is 287 g/mol. The summed E-state index contributed by atoms with van der Waals surface area (Å²) in [5, 5.41) is 17.3. The van der Waals surface area contributed by atoms with E-state index in [1.54, 1.807) is 0 Å². The molecule has 1 fully saturated rings. The van der Waals surface area contributed by atoms with E-state index < -0.39 is 5.97 Å². The molecule has 0 radical (unpaired) electrons. The highest BCUT2D eigenvalue weighted by molar-refractivity contribution is 5.70. The fourth-order valence-electron chi connectivity index (χ4n) is 3.33. The van der Waals surface area contributed by atoms with E-state index in [1.165, 1.54) is 11.1 Å². The molecular weight excluding hydrogens is 266 g/mol. The zero-order chi connectivity index (χ0) is 15.0. The first-order chi connectivity index (χ1) is 10.0. The van der Waals surface area contributed by atoms with Gasteiger partial charge in [0.1, 0.15) is 5.82 Å². The zero-order valence-corrected chi connectivity index (χ0v) is 12.5. The van der Waals surface area contributed by atoms with Crippen LogP contribution in [0.5, 0.6) is 0 Å². The van der Waals surface area contributed by atoms with Crippen molar-refractivity contribution in [2.75, 3.05) is 0 Å². The summed E-state index contributed by atoms with van der Waals surface area (Å²) in [6, 6.07) is 2.08. The summed E-state index contributed by atoms with van der Waals surface area (Å²) in [4.78, 5) is 11.0. The lowest BCUT2D eigenvalue weighted by molar-refractivity contribution is -0.143. The third-order valence-electron chi connectivity index (χ3n) is 4.73. The number of aryl methyl sites for hydroxylation is 2. The van der Waals surface area contributed by atoms with E-state index in [2.05, 4.69) is 29.4 Å². The Morgan fingerprint density at radius 2 is 2.00 bits per heavy atom. The van der Waals surface area contributed by atoms with E-state index in [0.29, 0.717) is 5.92 Å². The average Bonchev–Trinajstić information content (AvgIpc) is 2.81. The molecule has 1 N–H and O–H groups in total. The van der Waals surface area contributed by atoms with Gasteiger partial charge >= 0.3 is 5.97 Å². The molecule has 0 atom stereocenters. The third kappa shape index (κ3) is 2.77. The number of hydrogen-bond donors (Lipinski definition) is 1. The van der Waals surface area contributed by atoms with Crippen molar-refractivity contribution in [1.29, 1.82) is 0 Å². The van der Waals surface area contributed by atoms with E-state index in [1.807, 2.05) is 11.3 Å². The molecule has 0 aliphatic heterocycles. The van der Waals surface area contributed by atoms with Gasteiger partial charge in [-0.15, -0.1) is 10.2 Å². The predicted molar refractivity (Wildman–Crippen MR) is 79.2 cm³/mol. The number of carboxylic acids is 1. The van der Waals surface area contributed by atoms with Crippen molar-refractivity contribution < 1.29 is 9.90 Å². The van der Waals surface area contributed by atoms with Crippen molar-refractivity contribution in [3.8, 4) is 0 Å². The lowest BCUT2D eigenvalue weighted by Gasteiger charge is -2.26. The summed E-state index contributed by atoms with van der Waals surface area (Å²) >= 11 is 0. The van der Waals surface area contributed by atoms with Gasteiger partial charge in [-0.05, 0) is 69.1 Å². The molecule has 21 heavy (non-hydrogen) atoms. The summed E-state index contributed by atoms with van der Waals surface area (Å²) in [6.07, 6.45) is 6.81. The molecular formula is C16H21N3O2. The fraction of sp³-hybridized carbons (Fsp3) is 0.562. The summed E-state index contributed by atoms with van der Waals surface area (Å²) in [5.41, 5.74) is 3.46. The Bertz CT molecular complexity index is 669. The molecule has 1 aliphatic carbocycles. The van der Waals surface area contributed by atoms with Gasteiger partial charge < -0.3 is 5.11 Å². The standard InChI is InChI=1S/C16H21N3O2/c1-10-7-15-18-17-11(2)19(15)9-14(10)8-12-3-5-13(6-4-12)16(20)21/h7,9,12-13H,3-6,8H2,1-2H3,(H,20,21). The maximum absolute atomic E-state index is 11.0. The molecule has 0 amide bonds. The van der Waals surface area contributed by atoms with E-state index in [9.17, 15) is 4.79 Å². The van der Waals surface area contributed by atoms with Crippen LogP contribution in [0.3, 0.4) is 0 Å². The zero-order valence-electron chi connectivity index (χ0n) is 12.5. The second-order valence-corrected chi connectivity index (χ2v) is 6.22. The summed E-state index contributed by atoms with van der Waals surface area (Å²) in [7, 11) is 0. The van der Waals surface area contributed by atoms with Gasteiger partial charge in [0, 0.05) is 6.20 Å². The maximum Gasteiger partial charge on any atom is 0.306 e. The lowest BCUT2D eigenvalue weighted by Crippen LogP contribution is -2.22. The van der Waals surface area contributed by atoms with Gasteiger partial charge in [-0.3, -0.25) is 9.20 Å². The van der Waals surface area contributed by atoms with Gasteiger partial charge in [-0.2, -0.15) is 0 Å². The van der Waals surface area contributed by atoms with Crippen LogP contribution in [0.4, 0.5) is 0 Å². The number of aromatic nitrogens is 3. The quantitative estimate of drug-likeness (QED) is 0.942. The summed E-state index contributed by atoms with van der Waals surface area (Å²) in [6.45, 7) is 4.07. The van der Waals surface area contributed by atoms with Crippen molar-refractivity contribution in [3.05, 3.63) is 29.2 Å². The number of aliphatic carboxylic acids is 1. The minimum Gasteiger partial charge on any atom is -0.481 e. The summed E-state index contributed by atoms with van der Waals surface area (Å²) in [5.74, 6) is 0.727. The number of fused-ring (bicyclic) bond motifs is 1. The number of nitrogens with zero attached hydrogens (tertiary/aromatic N) is 3. The smallest absolute Gasteiger partial charge is 0.306 e. The molecule has 2 aromatic heterocycles. The molecule has 0 bridgehead atoms. The van der Waals surface area contributed by atoms with Gasteiger partial charge in [0.25, 0.3) is 0 Å². The highest BCUT2D eigenvalue weighted by Gasteiger charge is 2.26. The number of rotatable bonds is 3. The lowest BCUT2D eigenvalue weighted by atomic mass is 9.79. The number of pyridine rings is 1. The van der Waals surface area contributed by atoms with Crippen molar-refractivity contribution >= 4 is 11.6 Å². The van der Waals surface area contributed by atoms with Crippen LogP contribution < -0.4 is 0 Å². The van der Waals surface area contributed by atoms with Crippen LogP contribution >= 0.6 is 0 Å². The van der Waals surface area contributed by atoms with Crippen LogP contribution in [0.15, 0.2) is 12.3 Å². The van der Waals surface area contributed by atoms with Gasteiger partial charge in [-0.25, -0.2) is 0 Å². The van der Waals surface area contributed by atoms with Crippen molar-refractivity contribution in [1.82, 2.24) is 14.6 Å². The second-order valence-electron chi connectivity index (χ2n) is 6.22. The van der Waals surface area contributed by atoms with Crippen LogP contribution in [-0.4, -0.2) is 25.7 Å². The molecule has 2 heterocycles. The number of carboxylic acid groups (broad SMARTS) is 1. The van der Waals surface area contributed by atoms with Gasteiger partial charge in [0.15, 0.2) is 5.65 Å². The first-order valence-electron chi connectivity index (χ1n) is 7.58. The van der Waals surface area contributed by atoms with Crippen LogP contribution in [0, 0.1) is 25.7 Å². The third-order valence-corrected chi connectivity index (χ3v) is 4.73. The Balaban J connectivity index is 1.75. The minimum atomic E-state index is -0.633. The molecule has 0 spiro atoms. The normalized spacial score (nSPS) is 22.6. The minimum absolute atomic E-state index is 0.134. The van der Waals surface area contributed by atoms with Crippen LogP contribution in [0.1, 0.15) is 42.6 Å². The Labute approximate surface area is 124 Å². The molecule has 3 rings (SSSR count). The molecule has 5 heteroatoms. The van der Waals surface area contributed by atoms with E-state index >= 15 is 0 Å². The Hall–Kier alpha value is -1.91. The largest absolute Gasteiger partial charge is 0.481 e. The highest BCUT2D eigenvalue weighted by atomic mass is 16.4. The molecule has 112 valence electrons. The number of hydrogen-bond acceptors (Lipinski definition) is 3. The van der Waals surface area contributed by atoms with Crippen LogP contribution in [-0.2, 0) is 11.2 Å². The van der Waals surface area contributed by atoms with Crippen molar-refractivity contribution in [2.45, 2.75) is 46.0 Å². The topological polar surface area (TPSA) is 67.5 Å². The SMILES string of the molecule is Cc1cc2nnc(C)n2cc1CC1CCC(C(=O)O)CC1. The van der Waals surface area contributed by atoms with Crippen LogP contribution in [0.25, 0.3) is 5.65 Å². The molecule has 0 aromatic carbocycles. The second kappa shape index (κ2) is 5.47. The van der Waals surface area contributed by atoms with Crippen LogP contribution in [0.2, 0.25) is 0 Å². The molecule has 0 unspecified atom stereocenters. The first-order valence-corrected chi connectivity index (χ1v) is 7.58. The van der Waals surface area contributed by atoms with Crippen molar-refractivity contribution in [3.63, 3.8) is 0 Å². The highest BCUT2D eigenvalue weighted by Crippen LogP contribution is 2.31. The van der Waals surface area contributed by atoms with Gasteiger partial charge in [0.2, 0.25) is 0 Å². The summed E-state index contributed by atoms with van der Waals surface area (Å²) < 4.78 is 2.03. The molecule has 1 saturated carbocycles. The Morgan fingerprint density at radius 3 is 2.67 bits per heavy atom. The predicted octanol–water partition coefficient (Wildman–Crippen LogP) is 2.78. The van der Waals surface area contributed by atoms with Gasteiger partial charge in [-0.1, -0.05) is 0 Å². The van der Waals surface area contributed by atoms with E-state index in [0.717, 1.165) is 43.6 Å². The van der Waals surface area contributed by atoms with E-state index in [-0.39, 0.29) is 5.92 Å². The van der Waals surface area contributed by atoms with Gasteiger partial charge in [0.05, 0.1) is 5.92 Å². The average molecular weight is 287 g/mol. The Morgan fingerprint density at radius 1 is 1.29 bits per heavy atom. The molecule has 2 aromatic rings. The van der Waals surface area contributed by atoms with Crippen molar-refractivity contribution in [2.24, 2.45) is 11.8 Å². The molecule has 0 saturated heterocycles. The molecule has 1 aliphatic rings. The fourth-order valence-corrected chi connectivity index (χ4v) is 3.33.